The zero-order valence-electron chi connectivity index (χ0n) is 9.97. The number of amides is 3. The Morgan fingerprint density at radius 1 is 1.59 bits per heavy atom. The molecule has 1 aromatic heterocycles. The third-order valence-electron chi connectivity index (χ3n) is 2.57. The first-order chi connectivity index (χ1) is 8.00. The fourth-order valence-electron chi connectivity index (χ4n) is 1.42. The molecule has 0 bridgehead atoms. The van der Waals surface area contributed by atoms with E-state index in [1.165, 1.54) is 4.88 Å². The van der Waals surface area contributed by atoms with Gasteiger partial charge in [0.05, 0.1) is 0 Å². The zero-order valence-corrected chi connectivity index (χ0v) is 10.8. The predicted molar refractivity (Wildman–Crippen MR) is 67.7 cm³/mol. The molecule has 3 N–H and O–H groups in total. The second-order valence-corrected chi connectivity index (χ2v) is 4.81. The Kier molecular flexibility index (Phi) is 5.11. The van der Waals surface area contributed by atoms with Gasteiger partial charge in [0.25, 0.3) is 0 Å². The number of nitrogens with two attached hydrogens (primary N) is 1. The lowest BCUT2D eigenvalue weighted by atomic mass is 10.2. The Morgan fingerprint density at radius 2 is 2.29 bits per heavy atom. The van der Waals surface area contributed by atoms with Crippen molar-refractivity contribution in [3.8, 4) is 0 Å². The van der Waals surface area contributed by atoms with Crippen molar-refractivity contribution in [1.82, 2.24) is 10.2 Å². The van der Waals surface area contributed by atoms with Crippen molar-refractivity contribution < 1.29 is 9.59 Å². The zero-order chi connectivity index (χ0) is 12.8. The van der Waals surface area contributed by atoms with Gasteiger partial charge in [-0.2, -0.15) is 0 Å². The molecule has 0 aromatic carbocycles. The monoisotopic (exact) mass is 255 g/mol. The first-order valence-corrected chi connectivity index (χ1v) is 6.21. The first kappa shape index (κ1) is 13.7. The maximum atomic E-state index is 11.2. The molecule has 17 heavy (non-hydrogen) atoms. The molecule has 6 heteroatoms. The number of hydrogen-bond donors (Lipinski definition) is 2. The van der Waals surface area contributed by atoms with Crippen LogP contribution < -0.4 is 11.1 Å². The SMILES string of the molecule is CC(c1cccs1)N(C)CCC(=O)NC(N)=O. The number of nitrogens with one attached hydrogen (secondary N) is 1. The number of imide groups is 1. The molecular weight excluding hydrogens is 238 g/mol. The number of carbonyl (C=O) groups excluding carboxylic acids is 2. The molecular formula is C11H17N3O2S. The summed E-state index contributed by atoms with van der Waals surface area (Å²) in [7, 11) is 1.95. The summed E-state index contributed by atoms with van der Waals surface area (Å²) in [6, 6.07) is 3.53. The van der Waals surface area contributed by atoms with E-state index < -0.39 is 6.03 Å². The van der Waals surface area contributed by atoms with Gasteiger partial charge in [-0.3, -0.25) is 15.0 Å². The van der Waals surface area contributed by atoms with Crippen LogP contribution in [0.5, 0.6) is 0 Å². The summed E-state index contributed by atoms with van der Waals surface area (Å²) < 4.78 is 0. The molecule has 3 amide bonds. The van der Waals surface area contributed by atoms with Crippen molar-refractivity contribution in [1.29, 1.82) is 0 Å². The maximum Gasteiger partial charge on any atom is 0.318 e. The molecule has 5 nitrogen and oxygen atoms in total. The normalized spacial score (nSPS) is 12.4. The minimum Gasteiger partial charge on any atom is -0.351 e. The van der Waals surface area contributed by atoms with Crippen molar-refractivity contribution in [2.45, 2.75) is 19.4 Å². The summed E-state index contributed by atoms with van der Waals surface area (Å²) in [4.78, 5) is 25.0. The quantitative estimate of drug-likeness (QED) is 0.833. The minimum absolute atomic E-state index is 0.259. The summed E-state index contributed by atoms with van der Waals surface area (Å²) in [5, 5.41) is 4.07. The summed E-state index contributed by atoms with van der Waals surface area (Å²) in [5.74, 6) is -0.345. The van der Waals surface area contributed by atoms with E-state index in [0.717, 1.165) is 0 Å². The summed E-state index contributed by atoms with van der Waals surface area (Å²) >= 11 is 1.69. The highest BCUT2D eigenvalue weighted by molar-refractivity contribution is 7.10. The van der Waals surface area contributed by atoms with Crippen molar-refractivity contribution >= 4 is 23.3 Å². The number of hydrogen-bond acceptors (Lipinski definition) is 4. The molecule has 0 radical (unpaired) electrons. The van der Waals surface area contributed by atoms with E-state index in [0.29, 0.717) is 6.54 Å². The molecule has 0 fully saturated rings. The molecule has 0 aliphatic rings. The fraction of sp³-hybridized carbons (Fsp3) is 0.455. The Labute approximate surface area is 105 Å². The second kappa shape index (κ2) is 6.36. The van der Waals surface area contributed by atoms with Crippen LogP contribution in [-0.2, 0) is 4.79 Å². The van der Waals surface area contributed by atoms with Crippen LogP contribution in [0.2, 0.25) is 0 Å². The van der Waals surface area contributed by atoms with Gasteiger partial charge < -0.3 is 5.73 Å². The van der Waals surface area contributed by atoms with Gasteiger partial charge in [0.15, 0.2) is 0 Å². The van der Waals surface area contributed by atoms with Crippen molar-refractivity contribution in [2.75, 3.05) is 13.6 Å². The molecule has 1 heterocycles. The van der Waals surface area contributed by atoms with Crippen molar-refractivity contribution in [2.24, 2.45) is 5.73 Å². The van der Waals surface area contributed by atoms with Crippen LogP contribution in [0.4, 0.5) is 4.79 Å². The molecule has 1 rings (SSSR count). The third-order valence-corrected chi connectivity index (χ3v) is 3.61. The van der Waals surface area contributed by atoms with Gasteiger partial charge in [-0.25, -0.2) is 4.79 Å². The molecule has 1 atom stereocenters. The van der Waals surface area contributed by atoms with Gasteiger partial charge in [-0.15, -0.1) is 11.3 Å². The highest BCUT2D eigenvalue weighted by Gasteiger charge is 2.14. The molecule has 0 aliphatic carbocycles. The van der Waals surface area contributed by atoms with Crippen LogP contribution in [-0.4, -0.2) is 30.4 Å². The standard InChI is InChI=1S/C11H17N3O2S/c1-8(9-4-3-7-17-9)14(2)6-5-10(15)13-11(12)16/h3-4,7-8H,5-6H2,1-2H3,(H3,12,13,15,16). The van der Waals surface area contributed by atoms with Gasteiger partial charge in [0, 0.05) is 23.9 Å². The molecule has 0 saturated carbocycles. The van der Waals surface area contributed by atoms with E-state index in [4.69, 9.17) is 5.73 Å². The van der Waals surface area contributed by atoms with Crippen LogP contribution in [0.3, 0.4) is 0 Å². The van der Waals surface area contributed by atoms with Crippen molar-refractivity contribution in [3.63, 3.8) is 0 Å². The summed E-state index contributed by atoms with van der Waals surface area (Å²) in [6.45, 7) is 2.66. The molecule has 0 spiro atoms. The van der Waals surface area contributed by atoms with Crippen molar-refractivity contribution in [3.05, 3.63) is 22.4 Å². The lowest BCUT2D eigenvalue weighted by Crippen LogP contribution is -2.37. The lowest BCUT2D eigenvalue weighted by Gasteiger charge is -2.23. The van der Waals surface area contributed by atoms with E-state index in [1.807, 2.05) is 23.8 Å². The largest absolute Gasteiger partial charge is 0.351 e. The number of nitrogens with zero attached hydrogens (tertiary/aromatic N) is 1. The maximum absolute atomic E-state index is 11.2. The van der Waals surface area contributed by atoms with E-state index in [2.05, 4.69) is 17.9 Å². The third kappa shape index (κ3) is 4.54. The first-order valence-electron chi connectivity index (χ1n) is 5.33. The summed E-state index contributed by atoms with van der Waals surface area (Å²) in [6.07, 6.45) is 0.259. The molecule has 1 aromatic rings. The van der Waals surface area contributed by atoms with E-state index in [1.54, 1.807) is 11.3 Å². The number of primary amides is 1. The Morgan fingerprint density at radius 3 is 2.82 bits per heavy atom. The van der Waals surface area contributed by atoms with E-state index in [9.17, 15) is 9.59 Å². The van der Waals surface area contributed by atoms with Crippen LogP contribution >= 0.6 is 11.3 Å². The second-order valence-electron chi connectivity index (χ2n) is 3.83. The van der Waals surface area contributed by atoms with Crippen LogP contribution in [0.15, 0.2) is 17.5 Å². The van der Waals surface area contributed by atoms with Gasteiger partial charge in [-0.05, 0) is 25.4 Å². The van der Waals surface area contributed by atoms with Crippen LogP contribution in [0.25, 0.3) is 0 Å². The van der Waals surface area contributed by atoms with E-state index >= 15 is 0 Å². The number of thiophene rings is 1. The number of urea groups is 1. The van der Waals surface area contributed by atoms with Gasteiger partial charge >= 0.3 is 6.03 Å². The Hall–Kier alpha value is -1.40. The predicted octanol–water partition coefficient (Wildman–Crippen LogP) is 1.33. The highest BCUT2D eigenvalue weighted by Crippen LogP contribution is 2.23. The van der Waals surface area contributed by atoms with Crippen LogP contribution in [0, 0.1) is 0 Å². The molecule has 1 unspecified atom stereocenters. The van der Waals surface area contributed by atoms with E-state index in [-0.39, 0.29) is 18.4 Å². The average molecular weight is 255 g/mol. The number of carbonyl (C=O) groups is 2. The molecule has 94 valence electrons. The topological polar surface area (TPSA) is 75.4 Å². The molecule has 0 saturated heterocycles. The van der Waals surface area contributed by atoms with Gasteiger partial charge in [0.2, 0.25) is 5.91 Å². The smallest absolute Gasteiger partial charge is 0.318 e. The highest BCUT2D eigenvalue weighted by atomic mass is 32.1. The van der Waals surface area contributed by atoms with Gasteiger partial charge in [0.1, 0.15) is 0 Å². The lowest BCUT2D eigenvalue weighted by molar-refractivity contribution is -0.120. The van der Waals surface area contributed by atoms with Crippen LogP contribution in [0.1, 0.15) is 24.3 Å². The Bertz CT molecular complexity index is 378. The number of rotatable bonds is 5. The van der Waals surface area contributed by atoms with Gasteiger partial charge in [-0.1, -0.05) is 6.07 Å². The summed E-state index contributed by atoms with van der Waals surface area (Å²) in [5.41, 5.74) is 4.85. The molecule has 0 aliphatic heterocycles. The minimum atomic E-state index is -0.802. The average Bonchev–Trinajstić information content (AvgIpc) is 2.77. The Balaban J connectivity index is 2.37. The fourth-order valence-corrected chi connectivity index (χ4v) is 2.27.